The van der Waals surface area contributed by atoms with E-state index in [0.717, 1.165) is 12.8 Å². The summed E-state index contributed by atoms with van der Waals surface area (Å²) in [5.74, 6) is -2.32. The number of carbonyl (C=O) groups is 3. The number of esters is 1. The first-order valence-corrected chi connectivity index (χ1v) is 12.6. The van der Waals surface area contributed by atoms with Gasteiger partial charge in [-0.3, -0.25) is 14.4 Å². The van der Waals surface area contributed by atoms with Crippen LogP contribution in [0, 0.1) is 11.8 Å². The quantitative estimate of drug-likeness (QED) is 0.235. The molecule has 0 aromatic carbocycles. The largest absolute Gasteiger partial charge is 0.465 e. The van der Waals surface area contributed by atoms with Crippen LogP contribution < -0.4 is 0 Å². The third kappa shape index (κ3) is 4.54. The number of aliphatic hydroxyl groups excluding tert-OH is 1. The third-order valence-electron chi connectivity index (χ3n) is 7.58. The second-order valence-electron chi connectivity index (χ2n) is 9.86. The van der Waals surface area contributed by atoms with E-state index in [1.807, 2.05) is 6.92 Å². The molecule has 0 saturated carbocycles. The van der Waals surface area contributed by atoms with Crippen LogP contribution in [0.25, 0.3) is 0 Å². The lowest BCUT2D eigenvalue weighted by atomic mass is 9.66. The van der Waals surface area contributed by atoms with Gasteiger partial charge in [-0.2, -0.15) is 0 Å². The fourth-order valence-corrected chi connectivity index (χ4v) is 6.00. The van der Waals surface area contributed by atoms with E-state index in [0.29, 0.717) is 51.7 Å². The molecule has 3 heterocycles. The lowest BCUT2D eigenvalue weighted by molar-refractivity contribution is -0.160. The molecule has 1 spiro atoms. The Morgan fingerprint density at radius 1 is 1.26 bits per heavy atom. The molecule has 1 N–H and O–H groups in total. The first kappa shape index (κ1) is 26.4. The van der Waals surface area contributed by atoms with Crippen molar-refractivity contribution in [1.29, 1.82) is 0 Å². The van der Waals surface area contributed by atoms with Crippen molar-refractivity contribution in [3.8, 4) is 0 Å². The van der Waals surface area contributed by atoms with E-state index in [1.165, 1.54) is 0 Å². The Kier molecular flexibility index (Phi) is 8.57. The molecule has 8 heteroatoms. The lowest BCUT2D eigenvalue weighted by Crippen LogP contribution is -2.56. The van der Waals surface area contributed by atoms with Crippen LogP contribution in [0.3, 0.4) is 0 Å². The highest BCUT2D eigenvalue weighted by atomic mass is 16.6. The summed E-state index contributed by atoms with van der Waals surface area (Å²) < 4.78 is 12.1. The average molecular weight is 477 g/mol. The van der Waals surface area contributed by atoms with Crippen molar-refractivity contribution in [2.45, 2.75) is 76.0 Å². The van der Waals surface area contributed by atoms with Gasteiger partial charge in [-0.25, -0.2) is 0 Å². The van der Waals surface area contributed by atoms with Crippen LogP contribution in [0.4, 0.5) is 0 Å². The molecule has 2 amide bonds. The zero-order chi connectivity index (χ0) is 24.9. The smallest absolute Gasteiger partial charge is 0.312 e. The number of ether oxygens (including phenoxy) is 2. The summed E-state index contributed by atoms with van der Waals surface area (Å²) in [5, 5.41) is 9.27. The molecule has 8 nitrogen and oxygen atoms in total. The second kappa shape index (κ2) is 11.0. The summed E-state index contributed by atoms with van der Waals surface area (Å²) in [5.41, 5.74) is -1.89. The molecule has 3 aliphatic heterocycles. The van der Waals surface area contributed by atoms with Crippen LogP contribution in [-0.2, 0) is 23.9 Å². The monoisotopic (exact) mass is 476 g/mol. The standard InChI is InChI=1S/C26H40N2O6/c1-5-8-15-27(14-7-3)23(31)21-26-13-12-25(4,34-26)20(24(32)33-18-9-6-2)19(26)22(30)28(21)16-10-11-17-29/h6-7,19-21,29H,2-3,5,8-18H2,1,4H3/t19-,20-,21?,25+,26?/m0/s1. The molecule has 0 aromatic rings. The Labute approximate surface area is 202 Å². The summed E-state index contributed by atoms with van der Waals surface area (Å²) in [6.07, 6.45) is 7.91. The van der Waals surface area contributed by atoms with Gasteiger partial charge in [0.05, 0.1) is 18.1 Å². The minimum atomic E-state index is -1.05. The highest BCUT2D eigenvalue weighted by molar-refractivity contribution is 5.98. The minimum absolute atomic E-state index is 0.0150. The van der Waals surface area contributed by atoms with E-state index in [9.17, 15) is 19.5 Å². The molecule has 34 heavy (non-hydrogen) atoms. The van der Waals surface area contributed by atoms with Crippen molar-refractivity contribution in [2.75, 3.05) is 32.8 Å². The maximum absolute atomic E-state index is 14.0. The van der Waals surface area contributed by atoms with Crippen LogP contribution >= 0.6 is 0 Å². The number of carbonyl (C=O) groups excluding carboxylic acids is 3. The highest BCUT2D eigenvalue weighted by Crippen LogP contribution is 2.63. The third-order valence-corrected chi connectivity index (χ3v) is 7.58. The Balaban J connectivity index is 1.97. The number of hydrogen-bond acceptors (Lipinski definition) is 6. The molecule has 0 aliphatic carbocycles. The number of rotatable bonds is 14. The first-order valence-electron chi connectivity index (χ1n) is 12.6. The maximum atomic E-state index is 14.0. The van der Waals surface area contributed by atoms with E-state index >= 15 is 0 Å². The second-order valence-corrected chi connectivity index (χ2v) is 9.86. The predicted octanol–water partition coefficient (Wildman–Crippen LogP) is 2.46. The van der Waals surface area contributed by atoms with Gasteiger partial charge in [0, 0.05) is 26.2 Å². The molecule has 3 saturated heterocycles. The molecular weight excluding hydrogens is 436 g/mol. The number of fused-ring (bicyclic) bond motifs is 1. The summed E-state index contributed by atoms with van der Waals surface area (Å²) in [6, 6.07) is -0.798. The molecular formula is C26H40N2O6. The topological polar surface area (TPSA) is 96.4 Å². The maximum Gasteiger partial charge on any atom is 0.312 e. The van der Waals surface area contributed by atoms with Gasteiger partial charge < -0.3 is 24.4 Å². The summed E-state index contributed by atoms with van der Waals surface area (Å²) in [4.78, 5) is 44.3. The molecule has 5 atom stereocenters. The Morgan fingerprint density at radius 2 is 2.03 bits per heavy atom. The Hall–Kier alpha value is -2.19. The van der Waals surface area contributed by atoms with Gasteiger partial charge >= 0.3 is 5.97 Å². The summed E-state index contributed by atoms with van der Waals surface area (Å²) >= 11 is 0. The number of nitrogens with zero attached hydrogens (tertiary/aromatic N) is 2. The number of hydrogen-bond donors (Lipinski definition) is 1. The number of aliphatic hydroxyl groups is 1. The molecule has 3 rings (SSSR count). The molecule has 3 fully saturated rings. The van der Waals surface area contributed by atoms with E-state index in [-0.39, 0.29) is 25.0 Å². The molecule has 0 aromatic heterocycles. The molecule has 190 valence electrons. The van der Waals surface area contributed by atoms with Gasteiger partial charge in [0.25, 0.3) is 0 Å². The summed E-state index contributed by atoms with van der Waals surface area (Å²) in [7, 11) is 0. The van der Waals surface area contributed by atoms with Crippen molar-refractivity contribution >= 4 is 17.8 Å². The SMILES string of the molecule is C=CCCOC(=O)[C@@H]1[C@H]2C(=O)N(CCCCO)C(C(=O)N(CC=C)CCCC)C23CC[C@@]1(C)O3. The van der Waals surface area contributed by atoms with Gasteiger partial charge in [0.15, 0.2) is 0 Å². The molecule has 2 unspecified atom stereocenters. The van der Waals surface area contributed by atoms with Crippen LogP contribution in [0.5, 0.6) is 0 Å². The van der Waals surface area contributed by atoms with Crippen molar-refractivity contribution in [1.82, 2.24) is 9.80 Å². The van der Waals surface area contributed by atoms with E-state index < -0.39 is 35.0 Å². The van der Waals surface area contributed by atoms with Gasteiger partial charge in [0.1, 0.15) is 17.6 Å². The lowest BCUT2D eigenvalue weighted by Gasteiger charge is -2.36. The van der Waals surface area contributed by atoms with Gasteiger partial charge in [-0.15, -0.1) is 13.2 Å². The van der Waals surface area contributed by atoms with Crippen molar-refractivity contribution < 1.29 is 29.0 Å². The van der Waals surface area contributed by atoms with Crippen molar-refractivity contribution in [3.63, 3.8) is 0 Å². The zero-order valence-corrected chi connectivity index (χ0v) is 20.7. The van der Waals surface area contributed by atoms with Crippen LogP contribution in [0.1, 0.15) is 58.8 Å². The molecule has 0 radical (unpaired) electrons. The fourth-order valence-electron chi connectivity index (χ4n) is 6.00. The zero-order valence-electron chi connectivity index (χ0n) is 20.7. The number of amides is 2. The number of unbranched alkanes of at least 4 members (excludes halogenated alkanes) is 2. The van der Waals surface area contributed by atoms with E-state index in [2.05, 4.69) is 20.1 Å². The molecule has 3 aliphatic rings. The average Bonchev–Trinajstić information content (AvgIpc) is 3.37. The first-order chi connectivity index (χ1) is 16.3. The Morgan fingerprint density at radius 3 is 2.68 bits per heavy atom. The van der Waals surface area contributed by atoms with Crippen LogP contribution in [-0.4, -0.2) is 82.8 Å². The molecule has 2 bridgehead atoms. The minimum Gasteiger partial charge on any atom is -0.465 e. The van der Waals surface area contributed by atoms with Gasteiger partial charge in [-0.1, -0.05) is 25.5 Å². The highest BCUT2D eigenvalue weighted by Gasteiger charge is 2.78. The summed E-state index contributed by atoms with van der Waals surface area (Å²) in [6.45, 7) is 12.9. The van der Waals surface area contributed by atoms with Crippen LogP contribution in [0.2, 0.25) is 0 Å². The van der Waals surface area contributed by atoms with Crippen LogP contribution in [0.15, 0.2) is 25.3 Å². The van der Waals surface area contributed by atoms with Gasteiger partial charge in [-0.05, 0) is 45.4 Å². The predicted molar refractivity (Wildman–Crippen MR) is 128 cm³/mol. The fraction of sp³-hybridized carbons (Fsp3) is 0.731. The van der Waals surface area contributed by atoms with E-state index in [1.54, 1.807) is 22.0 Å². The van der Waals surface area contributed by atoms with Crippen molar-refractivity contribution in [2.24, 2.45) is 11.8 Å². The van der Waals surface area contributed by atoms with Crippen molar-refractivity contribution in [3.05, 3.63) is 25.3 Å². The van der Waals surface area contributed by atoms with E-state index in [4.69, 9.17) is 9.47 Å². The normalized spacial score (nSPS) is 31.4. The van der Waals surface area contributed by atoms with Gasteiger partial charge in [0.2, 0.25) is 11.8 Å². The Bertz CT molecular complexity index is 800. The number of likely N-dealkylation sites (tertiary alicyclic amines) is 1.